The molecular formula is C14H22N2O2. The van der Waals surface area contributed by atoms with Crippen LogP contribution in [0.25, 0.3) is 0 Å². The van der Waals surface area contributed by atoms with Gasteiger partial charge in [-0.15, -0.1) is 0 Å². The molecule has 0 aliphatic carbocycles. The van der Waals surface area contributed by atoms with Gasteiger partial charge in [0.2, 0.25) is 5.91 Å². The van der Waals surface area contributed by atoms with Crippen LogP contribution in [0.1, 0.15) is 31.7 Å². The van der Waals surface area contributed by atoms with E-state index < -0.39 is 0 Å². The molecule has 1 amide bonds. The monoisotopic (exact) mass is 250 g/mol. The Labute approximate surface area is 109 Å². The van der Waals surface area contributed by atoms with Crippen molar-refractivity contribution < 1.29 is 9.53 Å². The number of carbonyl (C=O) groups is 1. The highest BCUT2D eigenvalue weighted by atomic mass is 16.5. The molecule has 0 spiro atoms. The minimum absolute atomic E-state index is 0.244. The van der Waals surface area contributed by atoms with Crippen molar-refractivity contribution in [2.24, 2.45) is 5.73 Å². The lowest BCUT2D eigenvalue weighted by atomic mass is 10.2. The van der Waals surface area contributed by atoms with Gasteiger partial charge >= 0.3 is 0 Å². The molecule has 0 heterocycles. The molecule has 1 aromatic carbocycles. The van der Waals surface area contributed by atoms with Crippen molar-refractivity contribution >= 4 is 5.91 Å². The molecule has 18 heavy (non-hydrogen) atoms. The molecule has 0 bridgehead atoms. The third-order valence-electron chi connectivity index (χ3n) is 2.48. The van der Waals surface area contributed by atoms with Crippen molar-refractivity contribution in [1.29, 1.82) is 0 Å². The summed E-state index contributed by atoms with van der Waals surface area (Å²) in [4.78, 5) is 10.6. The topological polar surface area (TPSA) is 64.3 Å². The first-order valence-electron chi connectivity index (χ1n) is 6.43. The molecule has 0 aliphatic heterocycles. The lowest BCUT2D eigenvalue weighted by molar-refractivity contribution is -0.118. The highest BCUT2D eigenvalue weighted by Gasteiger charge is 1.97. The molecular weight excluding hydrogens is 228 g/mol. The van der Waals surface area contributed by atoms with Gasteiger partial charge < -0.3 is 15.8 Å². The Morgan fingerprint density at radius 3 is 3.00 bits per heavy atom. The predicted molar refractivity (Wildman–Crippen MR) is 72.4 cm³/mol. The molecule has 4 nitrogen and oxygen atoms in total. The highest BCUT2D eigenvalue weighted by molar-refractivity contribution is 5.73. The summed E-state index contributed by atoms with van der Waals surface area (Å²) < 4.78 is 5.57. The number of benzene rings is 1. The zero-order valence-corrected chi connectivity index (χ0v) is 10.9. The van der Waals surface area contributed by atoms with Gasteiger partial charge in [-0.05, 0) is 37.1 Å². The lowest BCUT2D eigenvalue weighted by Gasteiger charge is -2.08. The molecule has 1 rings (SSSR count). The van der Waals surface area contributed by atoms with E-state index in [1.165, 1.54) is 5.56 Å². The largest absolute Gasteiger partial charge is 0.494 e. The molecule has 100 valence electrons. The molecule has 0 fully saturated rings. The van der Waals surface area contributed by atoms with Crippen molar-refractivity contribution in [3.63, 3.8) is 0 Å². The van der Waals surface area contributed by atoms with Crippen LogP contribution in [0.2, 0.25) is 0 Å². The van der Waals surface area contributed by atoms with Gasteiger partial charge in [0, 0.05) is 13.0 Å². The van der Waals surface area contributed by atoms with Crippen molar-refractivity contribution in [3.8, 4) is 5.75 Å². The zero-order valence-electron chi connectivity index (χ0n) is 10.9. The van der Waals surface area contributed by atoms with E-state index in [-0.39, 0.29) is 5.91 Å². The molecule has 0 aliphatic rings. The average Bonchev–Trinajstić information content (AvgIpc) is 2.36. The van der Waals surface area contributed by atoms with E-state index in [9.17, 15) is 4.79 Å². The number of hydrogen-bond donors (Lipinski definition) is 2. The standard InChI is InChI=1S/C14H22N2O2/c1-2-9-18-13-6-3-5-12(10-13)11-16-8-4-7-14(15)17/h3,5-6,10,16H,2,4,7-9,11H2,1H3,(H2,15,17). The Morgan fingerprint density at radius 2 is 2.28 bits per heavy atom. The van der Waals surface area contributed by atoms with Gasteiger partial charge in [0.25, 0.3) is 0 Å². The predicted octanol–water partition coefficient (Wildman–Crippen LogP) is 1.83. The fraction of sp³-hybridized carbons (Fsp3) is 0.500. The first kappa shape index (κ1) is 14.5. The minimum Gasteiger partial charge on any atom is -0.494 e. The molecule has 4 heteroatoms. The first-order valence-corrected chi connectivity index (χ1v) is 6.43. The van der Waals surface area contributed by atoms with E-state index in [1.54, 1.807) is 0 Å². The Bertz CT molecular complexity index is 367. The van der Waals surface area contributed by atoms with Crippen molar-refractivity contribution in [2.45, 2.75) is 32.7 Å². The summed E-state index contributed by atoms with van der Waals surface area (Å²) in [6, 6.07) is 8.05. The Morgan fingerprint density at radius 1 is 1.44 bits per heavy atom. The number of amides is 1. The van der Waals surface area contributed by atoms with Crippen LogP contribution in [-0.2, 0) is 11.3 Å². The molecule has 0 unspecified atom stereocenters. The van der Waals surface area contributed by atoms with Gasteiger partial charge in [-0.3, -0.25) is 4.79 Å². The van der Waals surface area contributed by atoms with Crippen LogP contribution in [0.15, 0.2) is 24.3 Å². The summed E-state index contributed by atoms with van der Waals surface area (Å²) in [6.07, 6.45) is 2.23. The molecule has 0 radical (unpaired) electrons. The third kappa shape index (κ3) is 6.25. The van der Waals surface area contributed by atoms with Gasteiger partial charge in [0.05, 0.1) is 6.61 Å². The van der Waals surface area contributed by atoms with Crippen LogP contribution < -0.4 is 15.8 Å². The molecule has 0 saturated heterocycles. The fourth-order valence-electron chi connectivity index (χ4n) is 1.59. The normalized spacial score (nSPS) is 10.3. The second-order valence-electron chi connectivity index (χ2n) is 4.24. The molecule has 0 atom stereocenters. The summed E-state index contributed by atoms with van der Waals surface area (Å²) in [7, 11) is 0. The molecule has 0 aromatic heterocycles. The van der Waals surface area contributed by atoms with Gasteiger partial charge in [0.1, 0.15) is 5.75 Å². The van der Waals surface area contributed by atoms with Crippen LogP contribution in [0, 0.1) is 0 Å². The van der Waals surface area contributed by atoms with Crippen LogP contribution in [0.5, 0.6) is 5.75 Å². The zero-order chi connectivity index (χ0) is 13.2. The number of ether oxygens (including phenoxy) is 1. The Balaban J connectivity index is 2.26. The number of rotatable bonds is 9. The Kier molecular flexibility index (Phi) is 6.87. The summed E-state index contributed by atoms with van der Waals surface area (Å²) >= 11 is 0. The first-order chi connectivity index (χ1) is 8.72. The number of primary amides is 1. The van der Waals surface area contributed by atoms with Gasteiger partial charge in [0.15, 0.2) is 0 Å². The molecule has 0 saturated carbocycles. The highest BCUT2D eigenvalue weighted by Crippen LogP contribution is 2.13. The summed E-state index contributed by atoms with van der Waals surface area (Å²) in [5.74, 6) is 0.667. The Hall–Kier alpha value is -1.55. The van der Waals surface area contributed by atoms with Crippen molar-refractivity contribution in [1.82, 2.24) is 5.32 Å². The smallest absolute Gasteiger partial charge is 0.217 e. The van der Waals surface area contributed by atoms with E-state index in [4.69, 9.17) is 10.5 Å². The van der Waals surface area contributed by atoms with Crippen LogP contribution in [-0.4, -0.2) is 19.1 Å². The quantitative estimate of drug-likeness (QED) is 0.657. The van der Waals surface area contributed by atoms with Crippen molar-refractivity contribution in [2.75, 3.05) is 13.2 Å². The maximum Gasteiger partial charge on any atom is 0.217 e. The molecule has 3 N–H and O–H groups in total. The summed E-state index contributed by atoms with van der Waals surface area (Å²) in [5.41, 5.74) is 6.25. The van der Waals surface area contributed by atoms with Crippen molar-refractivity contribution in [3.05, 3.63) is 29.8 Å². The van der Waals surface area contributed by atoms with E-state index in [0.29, 0.717) is 6.42 Å². The van der Waals surface area contributed by atoms with Crippen LogP contribution >= 0.6 is 0 Å². The summed E-state index contributed by atoms with van der Waals surface area (Å²) in [5, 5.41) is 3.28. The number of nitrogens with one attached hydrogen (secondary N) is 1. The van der Waals surface area contributed by atoms with Crippen LogP contribution in [0.4, 0.5) is 0 Å². The second kappa shape index (κ2) is 8.53. The van der Waals surface area contributed by atoms with E-state index in [0.717, 1.165) is 38.3 Å². The molecule has 1 aromatic rings. The maximum atomic E-state index is 10.6. The second-order valence-corrected chi connectivity index (χ2v) is 4.24. The summed E-state index contributed by atoms with van der Waals surface area (Å²) in [6.45, 7) is 4.41. The number of carbonyl (C=O) groups excluding carboxylic acids is 1. The minimum atomic E-state index is -0.244. The fourth-order valence-corrected chi connectivity index (χ4v) is 1.59. The number of hydrogen-bond acceptors (Lipinski definition) is 3. The van der Waals surface area contributed by atoms with Gasteiger partial charge in [-0.25, -0.2) is 0 Å². The average molecular weight is 250 g/mol. The van der Waals surface area contributed by atoms with Gasteiger partial charge in [-0.2, -0.15) is 0 Å². The van der Waals surface area contributed by atoms with E-state index in [2.05, 4.69) is 18.3 Å². The SMILES string of the molecule is CCCOc1cccc(CNCCCC(N)=O)c1. The third-order valence-corrected chi connectivity index (χ3v) is 2.48. The van der Waals surface area contributed by atoms with Crippen LogP contribution in [0.3, 0.4) is 0 Å². The lowest BCUT2D eigenvalue weighted by Crippen LogP contribution is -2.18. The maximum absolute atomic E-state index is 10.6. The van der Waals surface area contributed by atoms with Gasteiger partial charge in [-0.1, -0.05) is 19.1 Å². The number of nitrogens with two attached hydrogens (primary N) is 1. The van der Waals surface area contributed by atoms with E-state index >= 15 is 0 Å². The van der Waals surface area contributed by atoms with E-state index in [1.807, 2.05) is 18.2 Å².